The van der Waals surface area contributed by atoms with Gasteiger partial charge in [-0.15, -0.1) is 0 Å². The average molecular weight is 380 g/mol. The first-order chi connectivity index (χ1) is 12.1. The zero-order chi connectivity index (χ0) is 17.4. The Morgan fingerprint density at radius 2 is 1.88 bits per heavy atom. The summed E-state index contributed by atoms with van der Waals surface area (Å²) in [6.45, 7) is 4.09. The van der Waals surface area contributed by atoms with Crippen molar-refractivity contribution >= 4 is 39.1 Å². The maximum Gasteiger partial charge on any atom is 0.308 e. The van der Waals surface area contributed by atoms with Gasteiger partial charge < -0.3 is 9.80 Å². The molecule has 7 heteroatoms. The van der Waals surface area contributed by atoms with Crippen LogP contribution in [-0.4, -0.2) is 52.5 Å². The van der Waals surface area contributed by atoms with Crippen molar-refractivity contribution in [3.05, 3.63) is 32.9 Å². The van der Waals surface area contributed by atoms with E-state index in [4.69, 9.17) is 11.6 Å². The minimum Gasteiger partial charge on any atom is -0.341 e. The minimum atomic E-state index is -0.0995. The molecule has 0 aliphatic carbocycles. The molecule has 2 saturated heterocycles. The number of carbonyl (C=O) groups excluding carboxylic acids is 1. The zero-order valence-corrected chi connectivity index (χ0v) is 15.7. The molecule has 0 saturated carbocycles. The van der Waals surface area contributed by atoms with Gasteiger partial charge in [0, 0.05) is 24.2 Å². The lowest BCUT2D eigenvalue weighted by Gasteiger charge is -2.36. The molecule has 0 bridgehead atoms. The Morgan fingerprint density at radius 3 is 2.60 bits per heavy atom. The quantitative estimate of drug-likeness (QED) is 0.823. The van der Waals surface area contributed by atoms with E-state index < -0.39 is 0 Å². The van der Waals surface area contributed by atoms with Crippen molar-refractivity contribution in [3.63, 3.8) is 0 Å². The maximum atomic E-state index is 12.7. The molecule has 5 nitrogen and oxygen atoms in total. The Hall–Kier alpha value is -1.37. The normalized spacial score (nSPS) is 19.8. The van der Waals surface area contributed by atoms with Crippen LogP contribution < -0.4 is 4.87 Å². The first-order valence-corrected chi connectivity index (χ1v) is 10.1. The Labute approximate surface area is 155 Å². The first kappa shape index (κ1) is 17.1. The number of aromatic nitrogens is 1. The van der Waals surface area contributed by atoms with Gasteiger partial charge in [0.15, 0.2) is 0 Å². The van der Waals surface area contributed by atoms with E-state index in [-0.39, 0.29) is 17.3 Å². The number of benzene rings is 1. The third kappa shape index (κ3) is 3.48. The molecule has 2 aliphatic heterocycles. The van der Waals surface area contributed by atoms with Crippen LogP contribution in [-0.2, 0) is 11.3 Å². The fraction of sp³-hybridized carbons (Fsp3) is 0.556. The van der Waals surface area contributed by atoms with Crippen LogP contribution >= 0.6 is 22.9 Å². The smallest absolute Gasteiger partial charge is 0.308 e. The second kappa shape index (κ2) is 7.09. The van der Waals surface area contributed by atoms with E-state index in [0.29, 0.717) is 11.1 Å². The summed E-state index contributed by atoms with van der Waals surface area (Å²) in [5.41, 5.74) is 0.753. The SMILES string of the molecule is O=C(Cn1c(=O)sc2ccc(Cl)cc21)N1CCC(N2CCCC2)CC1. The molecule has 3 heterocycles. The number of nitrogens with zero attached hydrogens (tertiary/aromatic N) is 3. The molecule has 0 radical (unpaired) electrons. The molecule has 0 atom stereocenters. The molecule has 4 rings (SSSR count). The van der Waals surface area contributed by atoms with Gasteiger partial charge in [-0.25, -0.2) is 0 Å². The standard InChI is InChI=1S/C18H22ClN3O2S/c19-13-3-4-16-15(11-13)22(18(24)25-16)12-17(23)21-9-5-14(6-10-21)20-7-1-2-8-20/h3-4,11,14H,1-2,5-10,12H2. The summed E-state index contributed by atoms with van der Waals surface area (Å²) in [6, 6.07) is 6.00. The fourth-order valence-electron chi connectivity index (χ4n) is 4.01. The molecule has 0 N–H and O–H groups in total. The maximum absolute atomic E-state index is 12.7. The second-order valence-corrected chi connectivity index (χ2v) is 8.35. The van der Waals surface area contributed by atoms with Crippen molar-refractivity contribution in [2.45, 2.75) is 38.3 Å². The summed E-state index contributed by atoms with van der Waals surface area (Å²) < 4.78 is 2.43. The molecular weight excluding hydrogens is 358 g/mol. The predicted octanol–water partition coefficient (Wildman–Crippen LogP) is 2.80. The van der Waals surface area contributed by atoms with Gasteiger partial charge >= 0.3 is 4.87 Å². The molecule has 1 aromatic heterocycles. The monoisotopic (exact) mass is 379 g/mol. The van der Waals surface area contributed by atoms with Gasteiger partial charge in [-0.3, -0.25) is 14.2 Å². The van der Waals surface area contributed by atoms with Gasteiger partial charge in [-0.05, 0) is 57.0 Å². The van der Waals surface area contributed by atoms with Crippen molar-refractivity contribution in [1.29, 1.82) is 0 Å². The Morgan fingerprint density at radius 1 is 1.16 bits per heavy atom. The lowest BCUT2D eigenvalue weighted by atomic mass is 10.0. The largest absolute Gasteiger partial charge is 0.341 e. The number of hydrogen-bond acceptors (Lipinski definition) is 4. The van der Waals surface area contributed by atoms with E-state index >= 15 is 0 Å². The van der Waals surface area contributed by atoms with E-state index in [2.05, 4.69) is 4.90 Å². The van der Waals surface area contributed by atoms with Crippen molar-refractivity contribution in [3.8, 4) is 0 Å². The summed E-state index contributed by atoms with van der Waals surface area (Å²) in [4.78, 5) is 29.3. The van der Waals surface area contributed by atoms with Crippen LogP contribution in [0.25, 0.3) is 10.2 Å². The number of hydrogen-bond donors (Lipinski definition) is 0. The fourth-order valence-corrected chi connectivity index (χ4v) is 5.04. The van der Waals surface area contributed by atoms with Gasteiger partial charge in [0.2, 0.25) is 5.91 Å². The van der Waals surface area contributed by atoms with E-state index in [1.807, 2.05) is 11.0 Å². The van der Waals surface area contributed by atoms with E-state index in [0.717, 1.165) is 47.5 Å². The number of rotatable bonds is 3. The van der Waals surface area contributed by atoms with Crippen molar-refractivity contribution in [1.82, 2.24) is 14.4 Å². The molecule has 1 aromatic carbocycles. The summed E-state index contributed by atoms with van der Waals surface area (Å²) in [5, 5.41) is 0.581. The molecule has 1 amide bonds. The Bertz CT molecular complexity index is 832. The summed E-state index contributed by atoms with van der Waals surface area (Å²) in [6.07, 6.45) is 4.68. The van der Waals surface area contributed by atoms with Crippen LogP contribution in [0.5, 0.6) is 0 Å². The highest BCUT2D eigenvalue weighted by molar-refractivity contribution is 7.16. The molecule has 0 unspecified atom stereocenters. The molecule has 25 heavy (non-hydrogen) atoms. The minimum absolute atomic E-state index is 0.0293. The number of carbonyl (C=O) groups is 1. The van der Waals surface area contributed by atoms with Gasteiger partial charge in [-0.2, -0.15) is 0 Å². The van der Waals surface area contributed by atoms with Crippen LogP contribution in [0.3, 0.4) is 0 Å². The molecular formula is C18H22ClN3O2S. The number of fused-ring (bicyclic) bond motifs is 1. The second-order valence-electron chi connectivity index (χ2n) is 6.92. The molecule has 134 valence electrons. The van der Waals surface area contributed by atoms with Crippen molar-refractivity contribution in [2.75, 3.05) is 26.2 Å². The average Bonchev–Trinajstić information content (AvgIpc) is 3.24. The predicted molar refractivity (Wildman–Crippen MR) is 102 cm³/mol. The van der Waals surface area contributed by atoms with Gasteiger partial charge in [0.25, 0.3) is 0 Å². The molecule has 2 aromatic rings. The van der Waals surface area contributed by atoms with Crippen molar-refractivity contribution < 1.29 is 4.79 Å². The summed E-state index contributed by atoms with van der Waals surface area (Å²) in [7, 11) is 0. The van der Waals surface area contributed by atoms with Gasteiger partial charge in [0.1, 0.15) is 6.54 Å². The number of halogens is 1. The molecule has 2 fully saturated rings. The third-order valence-electron chi connectivity index (χ3n) is 5.40. The molecule has 0 spiro atoms. The van der Waals surface area contributed by atoms with E-state index in [1.54, 1.807) is 16.7 Å². The topological polar surface area (TPSA) is 45.6 Å². The number of likely N-dealkylation sites (tertiary alicyclic amines) is 2. The van der Waals surface area contributed by atoms with Crippen LogP contribution in [0.2, 0.25) is 5.02 Å². The van der Waals surface area contributed by atoms with Crippen LogP contribution in [0.1, 0.15) is 25.7 Å². The van der Waals surface area contributed by atoms with Crippen molar-refractivity contribution in [2.24, 2.45) is 0 Å². The number of piperidine rings is 1. The first-order valence-electron chi connectivity index (χ1n) is 8.92. The van der Waals surface area contributed by atoms with Gasteiger partial charge in [0.05, 0.1) is 10.2 Å². The van der Waals surface area contributed by atoms with E-state index in [9.17, 15) is 9.59 Å². The summed E-state index contributed by atoms with van der Waals surface area (Å²) >= 11 is 7.22. The summed E-state index contributed by atoms with van der Waals surface area (Å²) in [5.74, 6) is 0.0293. The number of thiazole rings is 1. The third-order valence-corrected chi connectivity index (χ3v) is 6.59. The zero-order valence-electron chi connectivity index (χ0n) is 14.1. The van der Waals surface area contributed by atoms with Crippen LogP contribution in [0, 0.1) is 0 Å². The van der Waals surface area contributed by atoms with E-state index in [1.165, 1.54) is 25.9 Å². The molecule has 2 aliphatic rings. The van der Waals surface area contributed by atoms with Crippen LogP contribution in [0.4, 0.5) is 0 Å². The Kier molecular flexibility index (Phi) is 4.84. The lowest BCUT2D eigenvalue weighted by Crippen LogP contribution is -2.47. The highest BCUT2D eigenvalue weighted by Gasteiger charge is 2.28. The van der Waals surface area contributed by atoms with Crippen LogP contribution in [0.15, 0.2) is 23.0 Å². The highest BCUT2D eigenvalue weighted by atomic mass is 35.5. The highest BCUT2D eigenvalue weighted by Crippen LogP contribution is 2.23. The van der Waals surface area contributed by atoms with Gasteiger partial charge in [-0.1, -0.05) is 22.9 Å². The lowest BCUT2D eigenvalue weighted by molar-refractivity contribution is -0.133. The number of amides is 1. The Balaban J connectivity index is 1.43.